The second-order valence-corrected chi connectivity index (χ2v) is 4.75. The number of anilines is 1. The van der Waals surface area contributed by atoms with Crippen LogP contribution < -0.4 is 5.73 Å². The van der Waals surface area contributed by atoms with E-state index in [-0.39, 0.29) is 18.3 Å². The summed E-state index contributed by atoms with van der Waals surface area (Å²) in [5.74, 6) is 0.00844. The Hall–Kier alpha value is -2.07. The van der Waals surface area contributed by atoms with Crippen LogP contribution in [0.5, 0.6) is 0 Å². The van der Waals surface area contributed by atoms with Gasteiger partial charge in [-0.2, -0.15) is 0 Å². The summed E-state index contributed by atoms with van der Waals surface area (Å²) in [4.78, 5) is 18.4. The third-order valence-corrected chi connectivity index (χ3v) is 3.28. The molecule has 0 bridgehead atoms. The van der Waals surface area contributed by atoms with Crippen LogP contribution in [0.2, 0.25) is 0 Å². The van der Waals surface area contributed by atoms with Crippen LogP contribution in [-0.4, -0.2) is 22.3 Å². The highest BCUT2D eigenvalue weighted by atomic mass is 35.5. The fraction of sp³-hybridized carbons (Fsp3) is 0.250. The molecular weight excluding hydrogens is 286 g/mol. The van der Waals surface area contributed by atoms with Crippen LogP contribution in [-0.2, 0) is 6.54 Å². The number of nitrogens with two attached hydrogens (primary N) is 1. The summed E-state index contributed by atoms with van der Waals surface area (Å²) in [6.07, 6.45) is 3.47. The van der Waals surface area contributed by atoms with Crippen molar-refractivity contribution in [1.82, 2.24) is 9.88 Å². The Bertz CT molecular complexity index is 602. The molecule has 0 aliphatic heterocycles. The average molecular weight is 306 g/mol. The minimum absolute atomic E-state index is 0. The SMILES string of the molecule is CCN(Cc1ccncc1)C(=O)c1cc(N)ccc1C.Cl. The predicted molar refractivity (Wildman–Crippen MR) is 87.5 cm³/mol. The zero-order valence-corrected chi connectivity index (χ0v) is 13.1. The van der Waals surface area contributed by atoms with E-state index in [0.717, 1.165) is 11.1 Å². The molecule has 2 N–H and O–H groups in total. The van der Waals surface area contributed by atoms with Gasteiger partial charge in [-0.1, -0.05) is 6.07 Å². The second-order valence-electron chi connectivity index (χ2n) is 4.75. The molecule has 2 rings (SSSR count). The van der Waals surface area contributed by atoms with Crippen molar-refractivity contribution in [2.24, 2.45) is 0 Å². The zero-order valence-electron chi connectivity index (χ0n) is 12.2. The molecule has 0 spiro atoms. The molecule has 4 nitrogen and oxygen atoms in total. The Morgan fingerprint density at radius 3 is 2.52 bits per heavy atom. The number of benzene rings is 1. The van der Waals surface area contributed by atoms with Crippen LogP contribution >= 0.6 is 12.4 Å². The molecule has 0 atom stereocenters. The lowest BCUT2D eigenvalue weighted by Crippen LogP contribution is -2.30. The summed E-state index contributed by atoms with van der Waals surface area (Å²) in [6.45, 7) is 5.12. The Morgan fingerprint density at radius 2 is 1.90 bits per heavy atom. The Kier molecular flexibility index (Phi) is 6.18. The third-order valence-electron chi connectivity index (χ3n) is 3.28. The lowest BCUT2D eigenvalue weighted by Gasteiger charge is -2.22. The minimum atomic E-state index is 0. The molecule has 0 fully saturated rings. The van der Waals surface area contributed by atoms with Gasteiger partial charge in [0.2, 0.25) is 0 Å². The van der Waals surface area contributed by atoms with Gasteiger partial charge in [-0.05, 0) is 49.2 Å². The van der Waals surface area contributed by atoms with Crippen LogP contribution in [0.25, 0.3) is 0 Å². The van der Waals surface area contributed by atoms with Crippen molar-refractivity contribution in [2.45, 2.75) is 20.4 Å². The van der Waals surface area contributed by atoms with Gasteiger partial charge >= 0.3 is 0 Å². The topological polar surface area (TPSA) is 59.2 Å². The van der Waals surface area contributed by atoms with Crippen molar-refractivity contribution in [1.29, 1.82) is 0 Å². The smallest absolute Gasteiger partial charge is 0.254 e. The fourth-order valence-electron chi connectivity index (χ4n) is 2.08. The lowest BCUT2D eigenvalue weighted by molar-refractivity contribution is 0.0752. The Balaban J connectivity index is 0.00000220. The second kappa shape index (κ2) is 7.64. The van der Waals surface area contributed by atoms with Gasteiger partial charge in [0.25, 0.3) is 5.91 Å². The number of rotatable bonds is 4. The van der Waals surface area contributed by atoms with Crippen LogP contribution in [0, 0.1) is 6.92 Å². The number of hydrogen-bond donors (Lipinski definition) is 1. The Morgan fingerprint density at radius 1 is 1.24 bits per heavy atom. The number of amides is 1. The van der Waals surface area contributed by atoms with E-state index in [0.29, 0.717) is 24.3 Å². The van der Waals surface area contributed by atoms with Crippen molar-refractivity contribution in [3.8, 4) is 0 Å². The van der Waals surface area contributed by atoms with Gasteiger partial charge in [-0.15, -0.1) is 12.4 Å². The van der Waals surface area contributed by atoms with Crippen LogP contribution in [0.4, 0.5) is 5.69 Å². The number of pyridine rings is 1. The quantitative estimate of drug-likeness (QED) is 0.883. The first-order chi connectivity index (χ1) is 9.61. The molecule has 112 valence electrons. The maximum absolute atomic E-state index is 12.6. The molecule has 1 heterocycles. The highest BCUT2D eigenvalue weighted by Gasteiger charge is 2.16. The number of carbonyl (C=O) groups is 1. The van der Waals surface area contributed by atoms with E-state index in [1.165, 1.54) is 0 Å². The van der Waals surface area contributed by atoms with Crippen LogP contribution in [0.3, 0.4) is 0 Å². The van der Waals surface area contributed by atoms with Gasteiger partial charge in [-0.25, -0.2) is 0 Å². The zero-order chi connectivity index (χ0) is 14.5. The number of aryl methyl sites for hydroxylation is 1. The summed E-state index contributed by atoms with van der Waals surface area (Å²) in [5.41, 5.74) is 9.07. The van der Waals surface area contributed by atoms with Gasteiger partial charge in [0, 0.05) is 36.7 Å². The van der Waals surface area contributed by atoms with Gasteiger partial charge in [-0.3, -0.25) is 9.78 Å². The van der Waals surface area contributed by atoms with Crippen molar-refractivity contribution in [2.75, 3.05) is 12.3 Å². The normalized spacial score (nSPS) is 9.81. The largest absolute Gasteiger partial charge is 0.399 e. The average Bonchev–Trinajstić information content (AvgIpc) is 2.47. The number of nitrogens with zero attached hydrogens (tertiary/aromatic N) is 2. The summed E-state index contributed by atoms with van der Waals surface area (Å²) in [5, 5.41) is 0. The molecule has 5 heteroatoms. The summed E-state index contributed by atoms with van der Waals surface area (Å²) in [6, 6.07) is 9.27. The van der Waals surface area contributed by atoms with Gasteiger partial charge < -0.3 is 10.6 Å². The van der Waals surface area contributed by atoms with E-state index in [4.69, 9.17) is 5.73 Å². The van der Waals surface area contributed by atoms with E-state index < -0.39 is 0 Å². The molecular formula is C16H20ClN3O. The number of aromatic nitrogens is 1. The Labute approximate surface area is 131 Å². The highest BCUT2D eigenvalue weighted by molar-refractivity contribution is 5.96. The molecule has 0 unspecified atom stereocenters. The molecule has 0 saturated heterocycles. The number of nitrogen functional groups attached to an aromatic ring is 1. The van der Waals surface area contributed by atoms with Crippen molar-refractivity contribution >= 4 is 24.0 Å². The third kappa shape index (κ3) is 4.20. The molecule has 0 radical (unpaired) electrons. The molecule has 0 saturated carbocycles. The number of halogens is 1. The first kappa shape index (κ1) is 17.0. The summed E-state index contributed by atoms with van der Waals surface area (Å²) < 4.78 is 0. The summed E-state index contributed by atoms with van der Waals surface area (Å²) in [7, 11) is 0. The monoisotopic (exact) mass is 305 g/mol. The van der Waals surface area contributed by atoms with Gasteiger partial charge in [0.1, 0.15) is 0 Å². The maximum atomic E-state index is 12.6. The summed E-state index contributed by atoms with van der Waals surface area (Å²) >= 11 is 0. The number of hydrogen-bond acceptors (Lipinski definition) is 3. The van der Waals surface area contributed by atoms with E-state index in [1.807, 2.05) is 38.1 Å². The molecule has 2 aromatic rings. The van der Waals surface area contributed by atoms with Crippen LogP contribution in [0.15, 0.2) is 42.7 Å². The molecule has 1 amide bonds. The first-order valence-electron chi connectivity index (χ1n) is 6.66. The maximum Gasteiger partial charge on any atom is 0.254 e. The minimum Gasteiger partial charge on any atom is -0.399 e. The van der Waals surface area contributed by atoms with Crippen molar-refractivity contribution in [3.05, 3.63) is 59.4 Å². The predicted octanol–water partition coefficient (Wildman–Crippen LogP) is 3.06. The van der Waals surface area contributed by atoms with E-state index in [9.17, 15) is 4.79 Å². The van der Waals surface area contributed by atoms with Crippen molar-refractivity contribution in [3.63, 3.8) is 0 Å². The van der Waals surface area contributed by atoms with Gasteiger partial charge in [0.15, 0.2) is 0 Å². The van der Waals surface area contributed by atoms with E-state index in [1.54, 1.807) is 23.4 Å². The molecule has 0 aliphatic rings. The van der Waals surface area contributed by atoms with Crippen LogP contribution in [0.1, 0.15) is 28.4 Å². The first-order valence-corrected chi connectivity index (χ1v) is 6.66. The van der Waals surface area contributed by atoms with E-state index >= 15 is 0 Å². The lowest BCUT2D eigenvalue weighted by atomic mass is 10.1. The molecule has 1 aromatic heterocycles. The van der Waals surface area contributed by atoms with Crippen molar-refractivity contribution < 1.29 is 4.79 Å². The highest BCUT2D eigenvalue weighted by Crippen LogP contribution is 2.16. The molecule has 0 aliphatic carbocycles. The molecule has 21 heavy (non-hydrogen) atoms. The molecule has 1 aromatic carbocycles. The van der Waals surface area contributed by atoms with E-state index in [2.05, 4.69) is 4.98 Å². The standard InChI is InChI=1S/C16H19N3O.ClH/c1-3-19(11-13-6-8-18-9-7-13)16(20)15-10-14(17)5-4-12(15)2;/h4-10H,3,11,17H2,1-2H3;1H. The fourth-order valence-corrected chi connectivity index (χ4v) is 2.08. The number of carbonyl (C=O) groups excluding carboxylic acids is 1. The van der Waals surface area contributed by atoms with Gasteiger partial charge in [0.05, 0.1) is 0 Å².